The van der Waals surface area contributed by atoms with Gasteiger partial charge in [-0.15, -0.1) is 0 Å². The summed E-state index contributed by atoms with van der Waals surface area (Å²) < 4.78 is 7.86. The van der Waals surface area contributed by atoms with E-state index in [2.05, 4.69) is 18.4 Å². The Morgan fingerprint density at radius 3 is 2.58 bits per heavy atom. The zero-order valence-corrected chi connectivity index (χ0v) is 16.2. The van der Waals surface area contributed by atoms with Crippen molar-refractivity contribution < 1.29 is 14.6 Å². The Hall–Kier alpha value is -2.34. The molecule has 1 aromatic heterocycles. The molecule has 0 aliphatic carbocycles. The van der Waals surface area contributed by atoms with Crippen LogP contribution in [0, 0.1) is 6.92 Å². The van der Waals surface area contributed by atoms with Crippen LogP contribution in [0.4, 0.5) is 0 Å². The van der Waals surface area contributed by atoms with Gasteiger partial charge in [0.05, 0.1) is 5.52 Å². The topological polar surface area (TPSA) is 71.8 Å². The van der Waals surface area contributed by atoms with Crippen molar-refractivity contribution in [3.63, 3.8) is 0 Å². The van der Waals surface area contributed by atoms with Gasteiger partial charge in [-0.1, -0.05) is 0 Å². The minimum absolute atomic E-state index is 0.0568. The second kappa shape index (κ2) is 8.36. The van der Waals surface area contributed by atoms with E-state index in [4.69, 9.17) is 9.84 Å². The van der Waals surface area contributed by atoms with Crippen LogP contribution in [0.2, 0.25) is 0 Å². The lowest BCUT2D eigenvalue weighted by molar-refractivity contribution is -0.136. The molecule has 0 radical (unpaired) electrons. The van der Waals surface area contributed by atoms with Gasteiger partial charge in [-0.3, -0.25) is 9.59 Å². The van der Waals surface area contributed by atoms with Crippen molar-refractivity contribution in [3.05, 3.63) is 39.7 Å². The SMILES string of the molecule is Cc1c(CCC(=O)O)c(=O)c2cc(OCCN(C)C)ccc2n1C(C)C. The third kappa shape index (κ3) is 4.43. The number of aliphatic carboxylic acids is 1. The Morgan fingerprint density at radius 2 is 2.00 bits per heavy atom. The number of carbonyl (C=O) groups is 1. The smallest absolute Gasteiger partial charge is 0.303 e. The molecular weight excluding hydrogens is 332 g/mol. The number of benzene rings is 1. The number of fused-ring (bicyclic) bond motifs is 1. The van der Waals surface area contributed by atoms with Crippen LogP contribution in [0.15, 0.2) is 23.0 Å². The van der Waals surface area contributed by atoms with E-state index in [9.17, 15) is 9.59 Å². The quantitative estimate of drug-likeness (QED) is 0.784. The number of pyridine rings is 1. The summed E-state index contributed by atoms with van der Waals surface area (Å²) in [6, 6.07) is 5.72. The fourth-order valence-corrected chi connectivity index (χ4v) is 3.19. The van der Waals surface area contributed by atoms with Gasteiger partial charge in [-0.2, -0.15) is 0 Å². The van der Waals surface area contributed by atoms with E-state index >= 15 is 0 Å². The summed E-state index contributed by atoms with van der Waals surface area (Å²) >= 11 is 0. The predicted octanol–water partition coefficient (Wildman–Crippen LogP) is 2.85. The van der Waals surface area contributed by atoms with Crippen LogP contribution in [0.25, 0.3) is 10.9 Å². The van der Waals surface area contributed by atoms with Crippen LogP contribution in [0.5, 0.6) is 5.75 Å². The molecule has 1 N–H and O–H groups in total. The molecule has 0 aliphatic heterocycles. The van der Waals surface area contributed by atoms with Crippen molar-refractivity contribution in [2.75, 3.05) is 27.2 Å². The fourth-order valence-electron chi connectivity index (χ4n) is 3.19. The zero-order valence-electron chi connectivity index (χ0n) is 16.2. The predicted molar refractivity (Wildman–Crippen MR) is 103 cm³/mol. The Balaban J connectivity index is 2.54. The molecule has 2 rings (SSSR count). The maximum Gasteiger partial charge on any atom is 0.303 e. The van der Waals surface area contributed by atoms with Gasteiger partial charge in [0, 0.05) is 35.7 Å². The number of rotatable bonds is 8. The second-order valence-electron chi connectivity index (χ2n) is 7.08. The Kier molecular flexibility index (Phi) is 6.42. The van der Waals surface area contributed by atoms with Crippen molar-refractivity contribution in [3.8, 4) is 5.75 Å². The van der Waals surface area contributed by atoms with E-state index in [0.29, 0.717) is 23.3 Å². The molecule has 6 heteroatoms. The molecule has 0 aliphatic rings. The molecule has 0 fully saturated rings. The van der Waals surface area contributed by atoms with Gasteiger partial charge in [0.1, 0.15) is 12.4 Å². The highest BCUT2D eigenvalue weighted by Crippen LogP contribution is 2.25. The average molecular weight is 360 g/mol. The molecule has 0 amide bonds. The lowest BCUT2D eigenvalue weighted by Crippen LogP contribution is -2.21. The highest BCUT2D eigenvalue weighted by atomic mass is 16.5. The molecule has 2 aromatic rings. The maximum atomic E-state index is 13.0. The maximum absolute atomic E-state index is 13.0. The number of hydrogen-bond donors (Lipinski definition) is 1. The fraction of sp³-hybridized carbons (Fsp3) is 0.500. The summed E-state index contributed by atoms with van der Waals surface area (Å²) in [5.41, 5.74) is 2.15. The number of likely N-dealkylation sites (N-methyl/N-ethyl adjacent to an activating group) is 1. The number of aromatic nitrogens is 1. The number of hydrogen-bond acceptors (Lipinski definition) is 4. The molecule has 0 unspecified atom stereocenters. The van der Waals surface area contributed by atoms with Crippen molar-refractivity contribution in [2.24, 2.45) is 0 Å². The summed E-state index contributed by atoms with van der Waals surface area (Å²) in [5.74, 6) is -0.249. The first-order valence-electron chi connectivity index (χ1n) is 8.89. The van der Waals surface area contributed by atoms with Crippen molar-refractivity contribution >= 4 is 16.9 Å². The summed E-state index contributed by atoms with van der Waals surface area (Å²) in [4.78, 5) is 26.0. The highest BCUT2D eigenvalue weighted by molar-refractivity contribution is 5.82. The second-order valence-corrected chi connectivity index (χ2v) is 7.08. The Morgan fingerprint density at radius 1 is 1.31 bits per heavy atom. The Bertz CT molecular complexity index is 853. The first kappa shape index (κ1) is 20.0. The largest absolute Gasteiger partial charge is 0.492 e. The van der Waals surface area contributed by atoms with Gasteiger partial charge >= 0.3 is 5.97 Å². The lowest BCUT2D eigenvalue weighted by atomic mass is 10.0. The number of carboxylic acid groups (broad SMARTS) is 1. The van der Waals surface area contributed by atoms with Gasteiger partial charge in [0.15, 0.2) is 5.43 Å². The molecule has 1 heterocycles. The van der Waals surface area contributed by atoms with E-state index in [-0.39, 0.29) is 24.3 Å². The first-order chi connectivity index (χ1) is 12.2. The molecule has 0 saturated heterocycles. The van der Waals surface area contributed by atoms with Gasteiger partial charge < -0.3 is 19.3 Å². The summed E-state index contributed by atoms with van der Waals surface area (Å²) in [6.45, 7) is 7.32. The van der Waals surface area contributed by atoms with E-state index in [1.807, 2.05) is 38.1 Å². The Labute approximate surface area is 154 Å². The highest BCUT2D eigenvalue weighted by Gasteiger charge is 2.17. The molecule has 0 saturated carbocycles. The average Bonchev–Trinajstić information content (AvgIpc) is 2.54. The van der Waals surface area contributed by atoms with E-state index in [0.717, 1.165) is 17.8 Å². The minimum atomic E-state index is -0.902. The molecule has 0 bridgehead atoms. The molecule has 142 valence electrons. The van der Waals surface area contributed by atoms with Crippen LogP contribution in [0.3, 0.4) is 0 Å². The monoisotopic (exact) mass is 360 g/mol. The van der Waals surface area contributed by atoms with Crippen LogP contribution in [-0.2, 0) is 11.2 Å². The number of carboxylic acids is 1. The normalized spacial score (nSPS) is 11.5. The standard InChI is InChI=1S/C20H28N2O4/c1-13(2)22-14(3)16(7-9-19(23)24)20(25)17-12-15(6-8-18(17)22)26-11-10-21(4)5/h6,8,12-13H,7,9-11H2,1-5H3,(H,23,24). The van der Waals surface area contributed by atoms with E-state index in [1.54, 1.807) is 6.07 Å². The van der Waals surface area contributed by atoms with E-state index < -0.39 is 5.97 Å². The minimum Gasteiger partial charge on any atom is -0.492 e. The van der Waals surface area contributed by atoms with Crippen molar-refractivity contribution in [1.82, 2.24) is 9.47 Å². The van der Waals surface area contributed by atoms with Crippen LogP contribution in [0.1, 0.15) is 37.6 Å². The lowest BCUT2D eigenvalue weighted by Gasteiger charge is -2.22. The van der Waals surface area contributed by atoms with E-state index in [1.165, 1.54) is 0 Å². The molecule has 26 heavy (non-hydrogen) atoms. The van der Waals surface area contributed by atoms with Gasteiger partial charge in [0.25, 0.3) is 0 Å². The molecular formula is C20H28N2O4. The molecule has 0 spiro atoms. The van der Waals surface area contributed by atoms with Crippen LogP contribution < -0.4 is 10.2 Å². The number of nitrogens with zero attached hydrogens (tertiary/aromatic N) is 2. The van der Waals surface area contributed by atoms with Crippen molar-refractivity contribution in [2.45, 2.75) is 39.7 Å². The third-order valence-corrected chi connectivity index (χ3v) is 4.46. The molecule has 1 aromatic carbocycles. The van der Waals surface area contributed by atoms with Crippen LogP contribution in [-0.4, -0.2) is 47.8 Å². The zero-order chi connectivity index (χ0) is 19.4. The molecule has 6 nitrogen and oxygen atoms in total. The number of ether oxygens (including phenoxy) is 1. The summed E-state index contributed by atoms with van der Waals surface area (Å²) in [6.07, 6.45) is 0.174. The third-order valence-electron chi connectivity index (χ3n) is 4.46. The summed E-state index contributed by atoms with van der Waals surface area (Å²) in [5, 5.41) is 9.58. The van der Waals surface area contributed by atoms with Gasteiger partial charge in [0.2, 0.25) is 0 Å². The molecule has 0 atom stereocenters. The van der Waals surface area contributed by atoms with Gasteiger partial charge in [-0.05, 0) is 59.5 Å². The summed E-state index contributed by atoms with van der Waals surface area (Å²) in [7, 11) is 3.95. The van der Waals surface area contributed by atoms with Crippen LogP contribution >= 0.6 is 0 Å². The first-order valence-corrected chi connectivity index (χ1v) is 8.89. The van der Waals surface area contributed by atoms with Gasteiger partial charge in [-0.25, -0.2) is 0 Å². The van der Waals surface area contributed by atoms with Crippen molar-refractivity contribution in [1.29, 1.82) is 0 Å².